The molecule has 0 atom stereocenters. The van der Waals surface area contributed by atoms with Crippen LogP contribution in [0.1, 0.15) is 11.6 Å². The normalized spacial score (nSPS) is 11.3. The first-order valence-electron chi connectivity index (χ1n) is 7.26. The van der Waals surface area contributed by atoms with Gasteiger partial charge in [-0.25, -0.2) is 0 Å². The van der Waals surface area contributed by atoms with Gasteiger partial charge in [-0.15, -0.1) is 0 Å². The van der Waals surface area contributed by atoms with Crippen LogP contribution in [-0.2, 0) is 13.0 Å². The summed E-state index contributed by atoms with van der Waals surface area (Å²) in [6, 6.07) is 8.00. The quantitative estimate of drug-likeness (QED) is 0.625. The summed E-state index contributed by atoms with van der Waals surface area (Å²) >= 11 is 1.21. The summed E-state index contributed by atoms with van der Waals surface area (Å²) in [5, 5.41) is 7.04. The van der Waals surface area contributed by atoms with Crippen LogP contribution in [0.25, 0.3) is 22.3 Å². The third-order valence-corrected chi connectivity index (χ3v) is 4.69. The fraction of sp³-hybridized carbons (Fsp3) is 0.188. The van der Waals surface area contributed by atoms with Gasteiger partial charge in [0.15, 0.2) is 0 Å². The van der Waals surface area contributed by atoms with Crippen LogP contribution in [0, 0.1) is 6.92 Å². The first-order valence-corrected chi connectivity index (χ1v) is 8.14. The molecule has 4 rings (SSSR count). The highest BCUT2D eigenvalue weighted by molar-refractivity contribution is 7.07. The number of aromatic nitrogens is 4. The van der Waals surface area contributed by atoms with Gasteiger partial charge in [0.25, 0.3) is 0 Å². The number of thiazole rings is 1. The minimum Gasteiger partial charge on any atom is -0.361 e. The van der Waals surface area contributed by atoms with Gasteiger partial charge in [-0.1, -0.05) is 28.6 Å². The second-order valence-electron chi connectivity index (χ2n) is 5.34. The van der Waals surface area contributed by atoms with E-state index in [4.69, 9.17) is 4.52 Å². The number of fused-ring (bicyclic) bond motifs is 1. The molecule has 0 aliphatic carbocycles. The van der Waals surface area contributed by atoms with Crippen molar-refractivity contribution in [3.8, 4) is 11.4 Å². The average molecular weight is 326 g/mol. The summed E-state index contributed by atoms with van der Waals surface area (Å²) in [5.74, 6) is 1.09. The monoisotopic (exact) mass is 326 g/mol. The van der Waals surface area contributed by atoms with Gasteiger partial charge in [-0.05, 0) is 24.4 Å². The van der Waals surface area contributed by atoms with Crippen molar-refractivity contribution in [1.29, 1.82) is 0 Å². The highest BCUT2D eigenvalue weighted by Gasteiger charge is 2.11. The fourth-order valence-electron chi connectivity index (χ4n) is 2.54. The van der Waals surface area contributed by atoms with Crippen molar-refractivity contribution in [2.75, 3.05) is 0 Å². The minimum absolute atomic E-state index is 0.0411. The number of nitrogens with one attached hydrogen (secondary N) is 1. The van der Waals surface area contributed by atoms with Crippen LogP contribution >= 0.6 is 11.3 Å². The number of hydrogen-bond donors (Lipinski definition) is 1. The number of hydrogen-bond acceptors (Lipinski definition) is 5. The van der Waals surface area contributed by atoms with E-state index in [1.807, 2.05) is 42.8 Å². The highest BCUT2D eigenvalue weighted by Crippen LogP contribution is 2.21. The lowest BCUT2D eigenvalue weighted by molar-refractivity contribution is 0.371. The standard InChI is InChI=1S/C16H14N4O2S/c1-10-9-23-16(21)20(10)7-5-14-18-15(19-22-14)12-3-2-11-4-6-17-13(11)8-12/h2-4,6,8-9,17H,5,7H2,1H3. The molecule has 0 saturated heterocycles. The highest BCUT2D eigenvalue weighted by atomic mass is 32.1. The van der Waals surface area contributed by atoms with Crippen molar-refractivity contribution >= 4 is 22.2 Å². The predicted molar refractivity (Wildman–Crippen MR) is 88.6 cm³/mol. The van der Waals surface area contributed by atoms with Gasteiger partial charge in [0.1, 0.15) is 0 Å². The molecule has 0 radical (unpaired) electrons. The largest absolute Gasteiger partial charge is 0.361 e. The van der Waals surface area contributed by atoms with Crippen LogP contribution in [0.15, 0.2) is 45.2 Å². The van der Waals surface area contributed by atoms with Gasteiger partial charge in [-0.3, -0.25) is 4.79 Å². The second-order valence-corrected chi connectivity index (χ2v) is 6.16. The van der Waals surface area contributed by atoms with Gasteiger partial charge in [0.2, 0.25) is 11.7 Å². The third kappa shape index (κ3) is 2.59. The fourth-order valence-corrected chi connectivity index (χ4v) is 3.30. The maximum Gasteiger partial charge on any atom is 0.307 e. The molecule has 0 aliphatic heterocycles. The van der Waals surface area contributed by atoms with Gasteiger partial charge in [0.05, 0.1) is 0 Å². The predicted octanol–water partition coefficient (Wildman–Crippen LogP) is 2.99. The van der Waals surface area contributed by atoms with Crippen molar-refractivity contribution in [3.05, 3.63) is 57.1 Å². The molecule has 0 spiro atoms. The van der Waals surface area contributed by atoms with Crippen LogP contribution in [0.3, 0.4) is 0 Å². The molecule has 116 valence electrons. The van der Waals surface area contributed by atoms with Crippen molar-refractivity contribution in [1.82, 2.24) is 19.7 Å². The van der Waals surface area contributed by atoms with E-state index in [-0.39, 0.29) is 4.87 Å². The smallest absolute Gasteiger partial charge is 0.307 e. The van der Waals surface area contributed by atoms with Gasteiger partial charge in [-0.2, -0.15) is 4.98 Å². The lowest BCUT2D eigenvalue weighted by atomic mass is 10.1. The summed E-state index contributed by atoms with van der Waals surface area (Å²) in [6.07, 6.45) is 2.44. The number of aromatic amines is 1. The van der Waals surface area contributed by atoms with E-state index in [9.17, 15) is 4.79 Å². The van der Waals surface area contributed by atoms with Crippen molar-refractivity contribution in [3.63, 3.8) is 0 Å². The number of rotatable bonds is 4. The van der Waals surface area contributed by atoms with E-state index in [2.05, 4.69) is 15.1 Å². The Hall–Kier alpha value is -2.67. The van der Waals surface area contributed by atoms with Crippen molar-refractivity contribution < 1.29 is 4.52 Å². The zero-order valence-electron chi connectivity index (χ0n) is 12.4. The molecular formula is C16H14N4O2S. The number of H-pyrrole nitrogens is 1. The summed E-state index contributed by atoms with van der Waals surface area (Å²) in [6.45, 7) is 2.47. The maximum atomic E-state index is 11.7. The third-order valence-electron chi connectivity index (χ3n) is 3.81. The molecule has 0 saturated carbocycles. The van der Waals surface area contributed by atoms with E-state index in [1.165, 1.54) is 11.3 Å². The lowest BCUT2D eigenvalue weighted by Crippen LogP contribution is -2.16. The Kier molecular flexibility index (Phi) is 3.34. The molecular weight excluding hydrogens is 312 g/mol. The van der Waals surface area contributed by atoms with Crippen LogP contribution in [0.5, 0.6) is 0 Å². The van der Waals surface area contributed by atoms with Crippen LogP contribution in [0.2, 0.25) is 0 Å². The second kappa shape index (κ2) is 5.51. The molecule has 0 unspecified atom stereocenters. The number of aryl methyl sites for hydroxylation is 2. The molecule has 0 aliphatic rings. The molecule has 3 heterocycles. The summed E-state index contributed by atoms with van der Waals surface area (Å²) < 4.78 is 7.03. The zero-order valence-corrected chi connectivity index (χ0v) is 13.3. The molecule has 23 heavy (non-hydrogen) atoms. The Balaban J connectivity index is 1.55. The van der Waals surface area contributed by atoms with Crippen molar-refractivity contribution in [2.24, 2.45) is 0 Å². The van der Waals surface area contributed by atoms with E-state index >= 15 is 0 Å². The van der Waals surface area contributed by atoms with Crippen LogP contribution in [0.4, 0.5) is 0 Å². The Morgan fingerprint density at radius 2 is 2.26 bits per heavy atom. The Labute approximate surface area is 135 Å². The minimum atomic E-state index is 0.0411. The molecule has 6 nitrogen and oxygen atoms in total. The first-order chi connectivity index (χ1) is 11.2. The summed E-state index contributed by atoms with van der Waals surface area (Å²) in [5.41, 5.74) is 2.89. The summed E-state index contributed by atoms with van der Waals surface area (Å²) in [7, 11) is 0. The van der Waals surface area contributed by atoms with E-state index in [0.717, 1.165) is 22.2 Å². The molecule has 3 aromatic heterocycles. The topological polar surface area (TPSA) is 76.7 Å². The first kappa shape index (κ1) is 14.0. The molecule has 4 aromatic rings. The van der Waals surface area contributed by atoms with Crippen LogP contribution < -0.4 is 4.87 Å². The number of nitrogens with zero attached hydrogens (tertiary/aromatic N) is 3. The molecule has 7 heteroatoms. The molecule has 0 bridgehead atoms. The Morgan fingerprint density at radius 3 is 3.09 bits per heavy atom. The number of benzene rings is 1. The Bertz CT molecular complexity index is 1020. The summed E-state index contributed by atoms with van der Waals surface area (Å²) in [4.78, 5) is 19.3. The van der Waals surface area contributed by atoms with Gasteiger partial charge < -0.3 is 14.1 Å². The molecule has 1 N–H and O–H groups in total. The maximum absolute atomic E-state index is 11.7. The average Bonchev–Trinajstić information content (AvgIpc) is 3.26. The lowest BCUT2D eigenvalue weighted by Gasteiger charge is -2.00. The van der Waals surface area contributed by atoms with Gasteiger partial charge >= 0.3 is 4.87 Å². The van der Waals surface area contributed by atoms with E-state index in [0.29, 0.717) is 24.7 Å². The van der Waals surface area contributed by atoms with E-state index < -0.39 is 0 Å². The van der Waals surface area contributed by atoms with E-state index in [1.54, 1.807) is 4.57 Å². The Morgan fingerprint density at radius 1 is 1.35 bits per heavy atom. The molecule has 0 amide bonds. The zero-order chi connectivity index (χ0) is 15.8. The SMILES string of the molecule is Cc1csc(=O)n1CCc1nc(-c2ccc3cc[nH]c3c2)no1. The van der Waals surface area contributed by atoms with Crippen molar-refractivity contribution in [2.45, 2.75) is 19.9 Å². The van der Waals surface area contributed by atoms with Crippen LogP contribution in [-0.4, -0.2) is 19.7 Å². The van der Waals surface area contributed by atoms with Gasteiger partial charge in [0, 0.05) is 41.3 Å². The molecule has 1 aromatic carbocycles. The molecule has 0 fully saturated rings.